The normalized spacial score (nSPS) is 18.8. The van der Waals surface area contributed by atoms with Crippen LogP contribution in [0.2, 0.25) is 0 Å². The first-order valence-electron chi connectivity index (χ1n) is 4.33. The number of amides is 1. The lowest BCUT2D eigenvalue weighted by Gasteiger charge is -2.35. The summed E-state index contributed by atoms with van der Waals surface area (Å²) in [6.07, 6.45) is 1.33. The number of aliphatic hydroxyl groups is 1. The van der Waals surface area contributed by atoms with E-state index in [1.54, 1.807) is 7.05 Å². The Hall–Kier alpha value is -0.610. The molecule has 1 aliphatic rings. The molecule has 0 bridgehead atoms. The van der Waals surface area contributed by atoms with Gasteiger partial charge >= 0.3 is 0 Å². The van der Waals surface area contributed by atoms with Crippen molar-refractivity contribution in [3.8, 4) is 0 Å². The summed E-state index contributed by atoms with van der Waals surface area (Å²) in [6.45, 7) is 2.46. The Morgan fingerprint density at radius 1 is 1.67 bits per heavy atom. The van der Waals surface area contributed by atoms with Crippen molar-refractivity contribution in [2.24, 2.45) is 0 Å². The van der Waals surface area contributed by atoms with Crippen molar-refractivity contribution >= 4 is 5.91 Å². The molecular weight excluding hydrogens is 156 g/mol. The summed E-state index contributed by atoms with van der Waals surface area (Å²) in [5.74, 6) is 0.0936. The predicted octanol–water partition coefficient (Wildman–Crippen LogP) is -0.811. The first-order valence-corrected chi connectivity index (χ1v) is 4.33. The van der Waals surface area contributed by atoms with Crippen LogP contribution in [0.25, 0.3) is 0 Å². The highest BCUT2D eigenvalue weighted by atomic mass is 16.3. The zero-order chi connectivity index (χ0) is 8.97. The van der Waals surface area contributed by atoms with E-state index in [0.29, 0.717) is 6.42 Å². The number of aliphatic hydroxyl groups excluding tert-OH is 1. The van der Waals surface area contributed by atoms with Crippen LogP contribution in [0.15, 0.2) is 0 Å². The lowest BCUT2D eigenvalue weighted by Crippen LogP contribution is -2.50. The molecule has 0 spiro atoms. The lowest BCUT2D eigenvalue weighted by atomic mass is 10.1. The quantitative estimate of drug-likeness (QED) is 0.583. The number of nitrogens with one attached hydrogen (secondary N) is 1. The third-order valence-electron chi connectivity index (χ3n) is 2.09. The van der Waals surface area contributed by atoms with Crippen LogP contribution in [0.1, 0.15) is 12.8 Å². The second-order valence-electron chi connectivity index (χ2n) is 3.19. The lowest BCUT2D eigenvalue weighted by molar-refractivity contribution is -0.120. The Morgan fingerprint density at radius 2 is 2.33 bits per heavy atom. The zero-order valence-corrected chi connectivity index (χ0v) is 7.42. The van der Waals surface area contributed by atoms with Gasteiger partial charge in [-0.3, -0.25) is 9.69 Å². The first-order chi connectivity index (χ1) is 5.72. The van der Waals surface area contributed by atoms with Crippen molar-refractivity contribution in [1.82, 2.24) is 10.2 Å². The van der Waals surface area contributed by atoms with Gasteiger partial charge in [0.2, 0.25) is 5.91 Å². The molecule has 0 saturated carbocycles. The van der Waals surface area contributed by atoms with Crippen LogP contribution < -0.4 is 5.32 Å². The summed E-state index contributed by atoms with van der Waals surface area (Å²) in [5.41, 5.74) is 0. The van der Waals surface area contributed by atoms with E-state index in [-0.39, 0.29) is 12.0 Å². The van der Waals surface area contributed by atoms with Crippen LogP contribution in [0.3, 0.4) is 0 Å². The molecule has 12 heavy (non-hydrogen) atoms. The number of hydrogen-bond donors (Lipinski definition) is 2. The molecule has 0 aromatic heterocycles. The minimum absolute atomic E-state index is 0.0936. The van der Waals surface area contributed by atoms with Gasteiger partial charge in [0.1, 0.15) is 0 Å². The molecule has 1 rings (SSSR count). The largest absolute Gasteiger partial charge is 0.390 e. The summed E-state index contributed by atoms with van der Waals surface area (Å²) in [6, 6.07) is 0. The van der Waals surface area contributed by atoms with Crippen LogP contribution in [-0.2, 0) is 4.79 Å². The Kier molecular flexibility index (Phi) is 3.49. The molecule has 0 aromatic carbocycles. The number of β-amino-alcohol motifs (C(OH)–C–C–N with tert-alkyl or cyclic N) is 1. The molecule has 1 saturated heterocycles. The van der Waals surface area contributed by atoms with E-state index in [1.165, 1.54) is 0 Å². The molecule has 70 valence electrons. The van der Waals surface area contributed by atoms with Crippen molar-refractivity contribution in [2.45, 2.75) is 18.9 Å². The van der Waals surface area contributed by atoms with Gasteiger partial charge in [0.05, 0.1) is 6.10 Å². The van der Waals surface area contributed by atoms with Gasteiger partial charge in [-0.05, 0) is 13.0 Å². The summed E-state index contributed by atoms with van der Waals surface area (Å²) in [4.78, 5) is 12.9. The average Bonchev–Trinajstić information content (AvgIpc) is 2.01. The van der Waals surface area contributed by atoms with E-state index < -0.39 is 0 Å². The summed E-state index contributed by atoms with van der Waals surface area (Å²) in [7, 11) is 1.65. The van der Waals surface area contributed by atoms with Crippen LogP contribution in [0.5, 0.6) is 0 Å². The van der Waals surface area contributed by atoms with Crippen LogP contribution in [0, 0.1) is 0 Å². The highest BCUT2D eigenvalue weighted by Crippen LogP contribution is 2.07. The number of carbonyl (C=O) groups excluding carboxylic acids is 1. The minimum Gasteiger partial charge on any atom is -0.390 e. The number of likely N-dealkylation sites (tertiary alicyclic amines) is 1. The second kappa shape index (κ2) is 4.42. The summed E-state index contributed by atoms with van der Waals surface area (Å²) >= 11 is 0. The molecular formula is C8H16N2O2. The number of carbonyl (C=O) groups is 1. The molecule has 0 unspecified atom stereocenters. The Balaban J connectivity index is 1.93. The van der Waals surface area contributed by atoms with Gasteiger partial charge in [0.15, 0.2) is 0 Å². The van der Waals surface area contributed by atoms with Crippen LogP contribution >= 0.6 is 0 Å². The van der Waals surface area contributed by atoms with Crippen molar-refractivity contribution < 1.29 is 9.90 Å². The van der Waals surface area contributed by atoms with Gasteiger partial charge in [-0.2, -0.15) is 0 Å². The highest BCUT2D eigenvalue weighted by Gasteiger charge is 2.23. The van der Waals surface area contributed by atoms with Crippen molar-refractivity contribution in [1.29, 1.82) is 0 Å². The second-order valence-corrected chi connectivity index (χ2v) is 3.19. The molecule has 0 radical (unpaired) electrons. The van der Waals surface area contributed by atoms with Crippen molar-refractivity contribution in [3.05, 3.63) is 0 Å². The third kappa shape index (κ3) is 2.79. The van der Waals surface area contributed by atoms with E-state index >= 15 is 0 Å². The van der Waals surface area contributed by atoms with Gasteiger partial charge in [-0.1, -0.05) is 0 Å². The number of rotatable bonds is 4. The van der Waals surface area contributed by atoms with E-state index in [0.717, 1.165) is 26.1 Å². The molecule has 4 heteroatoms. The standard InChI is InChI=1S/C8H16N2O2/c1-9-8(12)3-2-4-10-5-7(11)6-10/h7,11H,2-6H2,1H3,(H,9,12). The zero-order valence-electron chi connectivity index (χ0n) is 7.42. The summed E-state index contributed by atoms with van der Waals surface area (Å²) in [5, 5.41) is 11.5. The van der Waals surface area contributed by atoms with E-state index in [4.69, 9.17) is 5.11 Å². The van der Waals surface area contributed by atoms with Crippen molar-refractivity contribution in [2.75, 3.05) is 26.7 Å². The fourth-order valence-electron chi connectivity index (χ4n) is 1.31. The van der Waals surface area contributed by atoms with Gasteiger partial charge in [0, 0.05) is 26.6 Å². The molecule has 1 amide bonds. The molecule has 1 aliphatic heterocycles. The SMILES string of the molecule is CNC(=O)CCCN1CC(O)C1. The van der Waals surface area contributed by atoms with E-state index in [9.17, 15) is 4.79 Å². The first kappa shape index (κ1) is 9.48. The summed E-state index contributed by atoms with van der Waals surface area (Å²) < 4.78 is 0. The maximum atomic E-state index is 10.8. The van der Waals surface area contributed by atoms with Crippen LogP contribution in [-0.4, -0.2) is 48.7 Å². The minimum atomic E-state index is -0.134. The average molecular weight is 172 g/mol. The number of nitrogens with zero attached hydrogens (tertiary/aromatic N) is 1. The Morgan fingerprint density at radius 3 is 2.83 bits per heavy atom. The smallest absolute Gasteiger partial charge is 0.219 e. The molecule has 2 N–H and O–H groups in total. The maximum Gasteiger partial charge on any atom is 0.219 e. The van der Waals surface area contributed by atoms with Gasteiger partial charge < -0.3 is 10.4 Å². The monoisotopic (exact) mass is 172 g/mol. The predicted molar refractivity (Wildman–Crippen MR) is 45.7 cm³/mol. The van der Waals surface area contributed by atoms with Crippen molar-refractivity contribution in [3.63, 3.8) is 0 Å². The Labute approximate surface area is 72.6 Å². The fraction of sp³-hybridized carbons (Fsp3) is 0.875. The van der Waals surface area contributed by atoms with Crippen LogP contribution in [0.4, 0.5) is 0 Å². The molecule has 0 atom stereocenters. The van der Waals surface area contributed by atoms with E-state index in [2.05, 4.69) is 10.2 Å². The topological polar surface area (TPSA) is 52.6 Å². The molecule has 0 aromatic rings. The van der Waals surface area contributed by atoms with E-state index in [1.807, 2.05) is 0 Å². The fourth-order valence-corrected chi connectivity index (χ4v) is 1.31. The highest BCUT2D eigenvalue weighted by molar-refractivity contribution is 5.75. The maximum absolute atomic E-state index is 10.8. The molecule has 1 heterocycles. The molecule has 1 fully saturated rings. The number of hydrogen-bond acceptors (Lipinski definition) is 3. The van der Waals surface area contributed by atoms with Gasteiger partial charge in [-0.25, -0.2) is 0 Å². The molecule has 0 aliphatic carbocycles. The van der Waals surface area contributed by atoms with Gasteiger partial charge in [-0.15, -0.1) is 0 Å². The Bertz CT molecular complexity index is 155. The third-order valence-corrected chi connectivity index (χ3v) is 2.09. The van der Waals surface area contributed by atoms with Gasteiger partial charge in [0.25, 0.3) is 0 Å². The molecule has 4 nitrogen and oxygen atoms in total.